The highest BCUT2D eigenvalue weighted by Gasteiger charge is 2.15. The molecule has 1 atom stereocenters. The van der Waals surface area contributed by atoms with Gasteiger partial charge in [-0.25, -0.2) is 4.79 Å². The number of methoxy groups -OCH3 is 1. The summed E-state index contributed by atoms with van der Waals surface area (Å²) in [4.78, 5) is 11.4. The Bertz CT molecular complexity index is 357. The van der Waals surface area contributed by atoms with Gasteiger partial charge in [0, 0.05) is 6.61 Å². The lowest BCUT2D eigenvalue weighted by Crippen LogP contribution is -2.23. The van der Waals surface area contributed by atoms with Gasteiger partial charge in [0.05, 0.1) is 7.11 Å². The number of ether oxygens (including phenoxy) is 2. The second-order valence-electron chi connectivity index (χ2n) is 3.58. The molecule has 3 heteroatoms. The lowest BCUT2D eigenvalue weighted by atomic mass is 10.2. The van der Waals surface area contributed by atoms with Gasteiger partial charge in [0.2, 0.25) is 0 Å². The molecular weight excluding hydrogens is 216 g/mol. The topological polar surface area (TPSA) is 35.5 Å². The summed E-state index contributed by atoms with van der Waals surface area (Å²) in [6.07, 6.45) is 3.82. The molecule has 1 rings (SSSR count). The van der Waals surface area contributed by atoms with Gasteiger partial charge in [-0.15, -0.1) is 0 Å². The molecule has 0 N–H and O–H groups in total. The third-order valence-electron chi connectivity index (χ3n) is 2.20. The van der Waals surface area contributed by atoms with Crippen LogP contribution in [0.1, 0.15) is 18.9 Å². The van der Waals surface area contributed by atoms with Crippen LogP contribution >= 0.6 is 0 Å². The Morgan fingerprint density at radius 3 is 2.65 bits per heavy atom. The van der Waals surface area contributed by atoms with E-state index in [0.29, 0.717) is 6.61 Å². The molecule has 0 unspecified atom stereocenters. The quantitative estimate of drug-likeness (QED) is 0.710. The van der Waals surface area contributed by atoms with Crippen LogP contribution in [0, 0.1) is 0 Å². The number of carbonyl (C=O) groups excluding carboxylic acids is 1. The molecule has 3 nitrogen and oxygen atoms in total. The molecule has 92 valence electrons. The highest BCUT2D eigenvalue weighted by Crippen LogP contribution is 2.05. The van der Waals surface area contributed by atoms with Crippen molar-refractivity contribution in [2.24, 2.45) is 0 Å². The fraction of sp³-hybridized carbons (Fsp3) is 0.357. The normalized spacial score (nSPS) is 12.6. The first-order valence-corrected chi connectivity index (χ1v) is 5.70. The van der Waals surface area contributed by atoms with Gasteiger partial charge in [-0.1, -0.05) is 43.3 Å². The van der Waals surface area contributed by atoms with Crippen LogP contribution in [-0.4, -0.2) is 25.8 Å². The van der Waals surface area contributed by atoms with Gasteiger partial charge < -0.3 is 9.47 Å². The zero-order valence-corrected chi connectivity index (χ0v) is 10.3. The highest BCUT2D eigenvalue weighted by atomic mass is 16.6. The number of hydrogen-bond acceptors (Lipinski definition) is 3. The van der Waals surface area contributed by atoms with Crippen LogP contribution in [-0.2, 0) is 14.3 Å². The van der Waals surface area contributed by atoms with Gasteiger partial charge >= 0.3 is 5.97 Å². The summed E-state index contributed by atoms with van der Waals surface area (Å²) in [5.74, 6) is -0.370. The summed E-state index contributed by atoms with van der Waals surface area (Å²) >= 11 is 0. The zero-order chi connectivity index (χ0) is 12.5. The van der Waals surface area contributed by atoms with Crippen LogP contribution in [0.15, 0.2) is 36.4 Å². The molecule has 0 heterocycles. The third-order valence-corrected chi connectivity index (χ3v) is 2.20. The Morgan fingerprint density at radius 2 is 2.06 bits per heavy atom. The van der Waals surface area contributed by atoms with Crippen molar-refractivity contribution in [3.8, 4) is 0 Å². The number of benzene rings is 1. The van der Waals surface area contributed by atoms with Crippen molar-refractivity contribution < 1.29 is 14.3 Å². The van der Waals surface area contributed by atoms with Crippen LogP contribution in [0.4, 0.5) is 0 Å². The predicted molar refractivity (Wildman–Crippen MR) is 67.5 cm³/mol. The van der Waals surface area contributed by atoms with Crippen LogP contribution in [0.25, 0.3) is 6.08 Å². The minimum atomic E-state index is -0.625. The Morgan fingerprint density at radius 1 is 1.35 bits per heavy atom. The summed E-state index contributed by atoms with van der Waals surface area (Å²) in [6.45, 7) is 2.54. The zero-order valence-electron chi connectivity index (χ0n) is 10.3. The van der Waals surface area contributed by atoms with E-state index in [9.17, 15) is 4.79 Å². The van der Waals surface area contributed by atoms with E-state index in [2.05, 4.69) is 4.74 Å². The molecule has 0 aliphatic rings. The molecule has 0 amide bonds. The molecule has 1 aromatic rings. The van der Waals surface area contributed by atoms with E-state index in [1.807, 2.05) is 43.3 Å². The summed E-state index contributed by atoms with van der Waals surface area (Å²) < 4.78 is 10.1. The first-order valence-electron chi connectivity index (χ1n) is 5.70. The van der Waals surface area contributed by atoms with E-state index in [-0.39, 0.29) is 5.97 Å². The van der Waals surface area contributed by atoms with Gasteiger partial charge in [0.1, 0.15) is 0 Å². The van der Waals surface area contributed by atoms with Crippen LogP contribution in [0.5, 0.6) is 0 Å². The molecule has 0 saturated carbocycles. The SMILES string of the molecule is CCCO[C@H](C=Cc1ccccc1)C(=O)OC. The van der Waals surface area contributed by atoms with E-state index < -0.39 is 6.10 Å². The summed E-state index contributed by atoms with van der Waals surface area (Å²) in [6, 6.07) is 9.76. The summed E-state index contributed by atoms with van der Waals surface area (Å²) in [5.41, 5.74) is 1.03. The fourth-order valence-electron chi connectivity index (χ4n) is 1.33. The van der Waals surface area contributed by atoms with Crippen molar-refractivity contribution in [2.45, 2.75) is 19.4 Å². The first kappa shape index (κ1) is 13.5. The Balaban J connectivity index is 2.65. The molecule has 0 aliphatic carbocycles. The van der Waals surface area contributed by atoms with Crippen molar-refractivity contribution in [3.63, 3.8) is 0 Å². The Labute approximate surface area is 102 Å². The van der Waals surface area contributed by atoms with Crippen molar-refractivity contribution >= 4 is 12.0 Å². The minimum absolute atomic E-state index is 0.370. The second-order valence-corrected chi connectivity index (χ2v) is 3.58. The van der Waals surface area contributed by atoms with Crippen molar-refractivity contribution in [2.75, 3.05) is 13.7 Å². The largest absolute Gasteiger partial charge is 0.467 e. The van der Waals surface area contributed by atoms with Gasteiger partial charge in [-0.3, -0.25) is 0 Å². The maximum atomic E-state index is 11.4. The number of esters is 1. The molecule has 17 heavy (non-hydrogen) atoms. The molecule has 0 aromatic heterocycles. The van der Waals surface area contributed by atoms with E-state index in [1.54, 1.807) is 6.08 Å². The van der Waals surface area contributed by atoms with E-state index in [4.69, 9.17) is 4.74 Å². The standard InChI is InChI=1S/C14H18O3/c1-3-11-17-13(14(15)16-2)10-9-12-7-5-4-6-8-12/h4-10,13H,3,11H2,1-2H3/t13-/m1/s1. The minimum Gasteiger partial charge on any atom is -0.467 e. The van der Waals surface area contributed by atoms with Crippen LogP contribution in [0.3, 0.4) is 0 Å². The molecule has 0 fully saturated rings. The predicted octanol–water partition coefficient (Wildman–Crippen LogP) is 2.67. The Hall–Kier alpha value is -1.61. The number of hydrogen-bond donors (Lipinski definition) is 0. The highest BCUT2D eigenvalue weighted by molar-refractivity contribution is 5.78. The number of carbonyl (C=O) groups is 1. The average molecular weight is 234 g/mol. The third kappa shape index (κ3) is 4.83. The van der Waals surface area contributed by atoms with Crippen molar-refractivity contribution in [1.82, 2.24) is 0 Å². The molecular formula is C14H18O3. The van der Waals surface area contributed by atoms with Gasteiger partial charge in [0.15, 0.2) is 6.10 Å². The fourth-order valence-corrected chi connectivity index (χ4v) is 1.33. The molecule has 1 aromatic carbocycles. The molecule has 0 radical (unpaired) electrons. The van der Waals surface area contributed by atoms with E-state index >= 15 is 0 Å². The first-order chi connectivity index (χ1) is 8.27. The number of rotatable bonds is 6. The second kappa shape index (κ2) is 7.63. The lowest BCUT2D eigenvalue weighted by molar-refractivity contribution is -0.150. The maximum Gasteiger partial charge on any atom is 0.339 e. The van der Waals surface area contributed by atoms with E-state index in [1.165, 1.54) is 7.11 Å². The van der Waals surface area contributed by atoms with Crippen molar-refractivity contribution in [1.29, 1.82) is 0 Å². The maximum absolute atomic E-state index is 11.4. The van der Waals surface area contributed by atoms with Crippen LogP contribution < -0.4 is 0 Å². The lowest BCUT2D eigenvalue weighted by Gasteiger charge is -2.10. The molecule has 0 spiro atoms. The summed E-state index contributed by atoms with van der Waals surface area (Å²) in [7, 11) is 1.36. The monoisotopic (exact) mass is 234 g/mol. The molecule has 0 saturated heterocycles. The molecule has 0 aliphatic heterocycles. The smallest absolute Gasteiger partial charge is 0.339 e. The Kier molecular flexibility index (Phi) is 6.04. The van der Waals surface area contributed by atoms with Crippen LogP contribution in [0.2, 0.25) is 0 Å². The van der Waals surface area contributed by atoms with Gasteiger partial charge in [0.25, 0.3) is 0 Å². The van der Waals surface area contributed by atoms with Gasteiger partial charge in [-0.2, -0.15) is 0 Å². The van der Waals surface area contributed by atoms with Gasteiger partial charge in [-0.05, 0) is 18.1 Å². The summed E-state index contributed by atoms with van der Waals surface area (Å²) in [5, 5.41) is 0. The van der Waals surface area contributed by atoms with Crippen molar-refractivity contribution in [3.05, 3.63) is 42.0 Å². The molecule has 0 bridgehead atoms. The average Bonchev–Trinajstić information content (AvgIpc) is 2.39. The van der Waals surface area contributed by atoms with E-state index in [0.717, 1.165) is 12.0 Å².